The van der Waals surface area contributed by atoms with Crippen molar-refractivity contribution in [1.29, 1.82) is 0 Å². The Hall–Kier alpha value is -1.50. The van der Waals surface area contributed by atoms with E-state index in [9.17, 15) is 52.7 Å². The Morgan fingerprint density at radius 2 is 0.650 bits per heavy atom. The highest BCUT2D eigenvalue weighted by Gasteiger charge is 2.53. The number of hydrogen-bond acceptors (Lipinski definition) is 2. The molecule has 0 rings (SSSR count). The van der Waals surface area contributed by atoms with Gasteiger partial charge in [-0.05, 0) is 0 Å². The number of aliphatic imine (C=N–C) groups is 2. The topological polar surface area (TPSA) is 24.7 Å². The lowest BCUT2D eigenvalue weighted by Gasteiger charge is -2.16. The smallest absolute Gasteiger partial charge is 0.177 e. The number of halogens is 12. The molecule has 0 saturated carbocycles. The van der Waals surface area contributed by atoms with Crippen LogP contribution in [0.15, 0.2) is 9.98 Å². The molecule has 0 fully saturated rings. The third-order valence-corrected chi connectivity index (χ3v) is 1.24. The summed E-state index contributed by atoms with van der Waals surface area (Å²) in [4.78, 5) is 1.34. The molecule has 0 unspecified atom stereocenters. The van der Waals surface area contributed by atoms with Gasteiger partial charge in [0.15, 0.2) is 11.4 Å². The van der Waals surface area contributed by atoms with Gasteiger partial charge in [-0.1, -0.05) is 0 Å². The predicted octanol–water partition coefficient (Wildman–Crippen LogP) is 4.03. The zero-order chi connectivity index (χ0) is 16.6. The Morgan fingerprint density at radius 3 is 0.750 bits per heavy atom. The summed E-state index contributed by atoms with van der Waals surface area (Å²) in [7, 11) is 0. The van der Waals surface area contributed by atoms with Gasteiger partial charge < -0.3 is 0 Å². The maximum atomic E-state index is 12.0. The van der Waals surface area contributed by atoms with Crippen molar-refractivity contribution < 1.29 is 52.7 Å². The van der Waals surface area contributed by atoms with Gasteiger partial charge in [0.05, 0.1) is 0 Å². The highest BCUT2D eigenvalue weighted by molar-refractivity contribution is 6.46. The average molecular weight is 328 g/mol. The van der Waals surface area contributed by atoms with Gasteiger partial charge in [0.2, 0.25) is 0 Å². The predicted molar refractivity (Wildman–Crippen MR) is 39.1 cm³/mol. The molecule has 0 N–H and O–H groups in total. The molecule has 20 heavy (non-hydrogen) atoms. The number of alkyl halides is 12. The minimum atomic E-state index is -6.45. The fourth-order valence-corrected chi connectivity index (χ4v) is 0.755. The van der Waals surface area contributed by atoms with Crippen LogP contribution in [0.5, 0.6) is 0 Å². The molecule has 118 valence electrons. The fraction of sp³-hybridized carbons (Fsp3) is 0.667. The molecule has 0 saturated heterocycles. The van der Waals surface area contributed by atoms with E-state index in [2.05, 4.69) is 0 Å². The minimum Gasteiger partial charge on any atom is -0.177 e. The number of nitrogens with zero attached hydrogens (tertiary/aromatic N) is 2. The van der Waals surface area contributed by atoms with Crippen LogP contribution in [0.4, 0.5) is 52.7 Å². The minimum absolute atomic E-state index is 0.672. The summed E-state index contributed by atoms with van der Waals surface area (Å²) in [5.41, 5.74) is -7.68. The zero-order valence-electron chi connectivity index (χ0n) is 8.43. The maximum absolute atomic E-state index is 12.0. The Bertz CT molecular complexity index is 362. The van der Waals surface area contributed by atoms with Crippen molar-refractivity contribution in [3.63, 3.8) is 0 Å². The van der Waals surface area contributed by atoms with E-state index < -0.39 is 36.4 Å². The van der Waals surface area contributed by atoms with Gasteiger partial charge in [0.1, 0.15) is 0 Å². The van der Waals surface area contributed by atoms with Gasteiger partial charge in [-0.15, -0.1) is 26.3 Å². The SMILES string of the molecule is FC(F)(F)N=C(C(=NC(F)(F)F)C(F)(F)F)C(F)(F)F. The van der Waals surface area contributed by atoms with Crippen LogP contribution in [0.1, 0.15) is 0 Å². The van der Waals surface area contributed by atoms with Crippen LogP contribution in [0.25, 0.3) is 0 Å². The first kappa shape index (κ1) is 18.5. The first-order valence-corrected chi connectivity index (χ1v) is 3.91. The van der Waals surface area contributed by atoms with Crippen molar-refractivity contribution in [1.82, 2.24) is 0 Å². The Morgan fingerprint density at radius 1 is 0.450 bits per heavy atom. The van der Waals surface area contributed by atoms with Gasteiger partial charge in [-0.25, -0.2) is 0 Å². The lowest BCUT2D eigenvalue weighted by molar-refractivity contribution is -0.129. The Balaban J connectivity index is 6.23. The molecule has 0 radical (unpaired) electrons. The molecule has 0 aromatic carbocycles. The third kappa shape index (κ3) is 6.60. The number of hydrogen-bond donors (Lipinski definition) is 0. The summed E-state index contributed by atoms with van der Waals surface area (Å²) in [5, 5.41) is 0. The van der Waals surface area contributed by atoms with Gasteiger partial charge in [0, 0.05) is 0 Å². The van der Waals surface area contributed by atoms with Gasteiger partial charge in [-0.3, -0.25) is 0 Å². The highest BCUT2D eigenvalue weighted by atomic mass is 19.4. The molecular weight excluding hydrogens is 328 g/mol. The first-order chi connectivity index (χ1) is 8.43. The molecule has 0 bridgehead atoms. The van der Waals surface area contributed by atoms with E-state index in [0.717, 1.165) is 0 Å². The van der Waals surface area contributed by atoms with Crippen LogP contribution in [0, 0.1) is 0 Å². The molecule has 0 spiro atoms. The van der Waals surface area contributed by atoms with Gasteiger partial charge in [0.25, 0.3) is 0 Å². The lowest BCUT2D eigenvalue weighted by Crippen LogP contribution is -2.42. The summed E-state index contributed by atoms with van der Waals surface area (Å²) in [6.07, 6.45) is -25.3. The van der Waals surface area contributed by atoms with E-state index in [1.54, 1.807) is 0 Å². The van der Waals surface area contributed by atoms with E-state index in [0.29, 0.717) is 9.98 Å². The zero-order valence-corrected chi connectivity index (χ0v) is 8.43. The first-order valence-electron chi connectivity index (χ1n) is 3.91. The normalized spacial score (nSPS) is 16.6. The Labute approximate surface area is 100 Å². The second-order valence-electron chi connectivity index (χ2n) is 2.85. The monoisotopic (exact) mass is 328 g/mol. The maximum Gasteiger partial charge on any atom is 0.503 e. The quantitative estimate of drug-likeness (QED) is 0.394. The van der Waals surface area contributed by atoms with E-state index in [1.807, 2.05) is 0 Å². The van der Waals surface area contributed by atoms with E-state index in [1.165, 1.54) is 0 Å². The largest absolute Gasteiger partial charge is 0.503 e. The lowest BCUT2D eigenvalue weighted by atomic mass is 10.2. The third-order valence-electron chi connectivity index (χ3n) is 1.24. The summed E-state index contributed by atoms with van der Waals surface area (Å²) in [6.45, 7) is 0. The van der Waals surface area contributed by atoms with Crippen LogP contribution >= 0.6 is 0 Å². The standard InChI is InChI=1S/C6F12N2/c7-3(8,9)1(19-5(13,14)15)2(4(10,11)12)20-6(16,17)18. The average Bonchev–Trinajstić information content (AvgIpc) is 2.04. The van der Waals surface area contributed by atoms with Gasteiger partial charge >= 0.3 is 25.0 Å². The Kier molecular flexibility index (Phi) is 4.74. The van der Waals surface area contributed by atoms with Crippen LogP contribution in [-0.2, 0) is 0 Å². The van der Waals surface area contributed by atoms with Gasteiger partial charge in [-0.2, -0.15) is 36.3 Å². The second-order valence-corrected chi connectivity index (χ2v) is 2.85. The second kappa shape index (κ2) is 5.12. The van der Waals surface area contributed by atoms with Crippen molar-refractivity contribution >= 4 is 11.4 Å². The van der Waals surface area contributed by atoms with Crippen molar-refractivity contribution in [2.45, 2.75) is 25.0 Å². The molecule has 0 aromatic heterocycles. The fourth-order valence-electron chi connectivity index (χ4n) is 0.755. The highest BCUT2D eigenvalue weighted by Crippen LogP contribution is 2.32. The summed E-state index contributed by atoms with van der Waals surface area (Å²) < 4.78 is 142. The summed E-state index contributed by atoms with van der Waals surface area (Å²) >= 11 is 0. The molecule has 14 heteroatoms. The van der Waals surface area contributed by atoms with Crippen LogP contribution < -0.4 is 0 Å². The van der Waals surface area contributed by atoms with Crippen molar-refractivity contribution in [3.8, 4) is 0 Å². The molecule has 0 aromatic rings. The van der Waals surface area contributed by atoms with Crippen LogP contribution in [-0.4, -0.2) is 36.4 Å². The van der Waals surface area contributed by atoms with Crippen LogP contribution in [0.2, 0.25) is 0 Å². The van der Waals surface area contributed by atoms with Crippen molar-refractivity contribution in [3.05, 3.63) is 0 Å². The molecule has 2 nitrogen and oxygen atoms in total. The summed E-state index contributed by atoms with van der Waals surface area (Å²) in [5.74, 6) is 0. The molecule has 0 atom stereocenters. The van der Waals surface area contributed by atoms with Crippen LogP contribution in [0.3, 0.4) is 0 Å². The van der Waals surface area contributed by atoms with E-state index >= 15 is 0 Å². The molecule has 0 aliphatic rings. The molecule has 0 aliphatic heterocycles. The number of rotatable bonds is 1. The molecule has 0 aliphatic carbocycles. The molecule has 0 amide bonds. The summed E-state index contributed by atoms with van der Waals surface area (Å²) in [6, 6.07) is 0. The van der Waals surface area contributed by atoms with Crippen molar-refractivity contribution in [2.24, 2.45) is 9.98 Å². The molecular formula is C6F12N2. The molecule has 0 heterocycles. The van der Waals surface area contributed by atoms with E-state index in [-0.39, 0.29) is 0 Å². The van der Waals surface area contributed by atoms with Crippen molar-refractivity contribution in [2.75, 3.05) is 0 Å². The van der Waals surface area contributed by atoms with E-state index in [4.69, 9.17) is 0 Å².